The number of anilines is 2. The van der Waals surface area contributed by atoms with E-state index in [1.54, 1.807) is 36.4 Å². The SMILES string of the molecule is CCC(C(=O)Nc1ccc2nc(C)c(C)nc2c1)n1cc(OC)c(-c2cc(Cl)ccc2N(N)/C=C(\N)Cl)cc1=O. The summed E-state index contributed by atoms with van der Waals surface area (Å²) in [4.78, 5) is 35.9. The van der Waals surface area contributed by atoms with Crippen LogP contribution in [0.25, 0.3) is 22.2 Å². The van der Waals surface area contributed by atoms with Gasteiger partial charge in [-0.15, -0.1) is 0 Å². The predicted molar refractivity (Wildman–Crippen MR) is 159 cm³/mol. The summed E-state index contributed by atoms with van der Waals surface area (Å²) in [6.07, 6.45) is 3.17. The molecule has 0 aliphatic heterocycles. The largest absolute Gasteiger partial charge is 0.495 e. The highest BCUT2D eigenvalue weighted by atomic mass is 35.5. The van der Waals surface area contributed by atoms with Gasteiger partial charge in [-0.05, 0) is 56.7 Å². The molecular formula is C28H29Cl2N7O3. The van der Waals surface area contributed by atoms with Crippen molar-refractivity contribution in [1.29, 1.82) is 0 Å². The summed E-state index contributed by atoms with van der Waals surface area (Å²) in [7, 11) is 1.47. The molecule has 2 aromatic carbocycles. The van der Waals surface area contributed by atoms with E-state index in [0.29, 0.717) is 45.2 Å². The smallest absolute Gasteiger partial charge is 0.252 e. The molecule has 0 aliphatic rings. The Morgan fingerprint density at radius 1 is 1.12 bits per heavy atom. The number of rotatable bonds is 8. The maximum atomic E-state index is 13.4. The number of halogens is 2. The Bertz CT molecular complexity index is 1680. The minimum Gasteiger partial charge on any atom is -0.495 e. The van der Waals surface area contributed by atoms with Gasteiger partial charge in [0.2, 0.25) is 5.91 Å². The van der Waals surface area contributed by atoms with Gasteiger partial charge in [-0.3, -0.25) is 19.2 Å². The number of amides is 1. The Kier molecular flexibility index (Phi) is 8.63. The standard InChI is InChI=1S/C28H29Cl2N7O3/c1-5-23(28(39)35-18-7-8-21-22(11-18)34-16(3)15(2)33-21)36-13-25(40-4)20(12-27(36)38)19-10-17(29)6-9-24(19)37(32)14-26(30)31/h6-14,23H,5,31-32H2,1-4H3,(H,35,39)/b26-14-. The number of hydrogen-bond donors (Lipinski definition) is 3. The predicted octanol–water partition coefficient (Wildman–Crippen LogP) is 5.00. The lowest BCUT2D eigenvalue weighted by molar-refractivity contribution is -0.119. The Balaban J connectivity index is 1.72. The topological polar surface area (TPSA) is 141 Å². The van der Waals surface area contributed by atoms with Crippen molar-refractivity contribution >= 4 is 51.5 Å². The highest BCUT2D eigenvalue weighted by molar-refractivity contribution is 6.31. The van der Waals surface area contributed by atoms with E-state index < -0.39 is 11.6 Å². The van der Waals surface area contributed by atoms with Gasteiger partial charge in [0.1, 0.15) is 16.9 Å². The molecule has 4 aromatic rings. The van der Waals surface area contributed by atoms with E-state index >= 15 is 0 Å². The van der Waals surface area contributed by atoms with Crippen LogP contribution in [0.15, 0.2) is 64.8 Å². The first-order chi connectivity index (χ1) is 19.0. The maximum Gasteiger partial charge on any atom is 0.252 e. The van der Waals surface area contributed by atoms with Gasteiger partial charge in [-0.2, -0.15) is 0 Å². The van der Waals surface area contributed by atoms with Gasteiger partial charge in [0.05, 0.1) is 47.6 Å². The molecule has 2 aromatic heterocycles. The molecular weight excluding hydrogens is 553 g/mol. The van der Waals surface area contributed by atoms with Crippen molar-refractivity contribution in [2.75, 3.05) is 17.4 Å². The number of aryl methyl sites for hydroxylation is 2. The van der Waals surface area contributed by atoms with E-state index in [4.69, 9.17) is 39.5 Å². The monoisotopic (exact) mass is 581 g/mol. The van der Waals surface area contributed by atoms with Crippen LogP contribution in [0.2, 0.25) is 5.02 Å². The zero-order chi connectivity index (χ0) is 29.1. The third-order valence-electron chi connectivity index (χ3n) is 6.42. The van der Waals surface area contributed by atoms with Crippen molar-refractivity contribution < 1.29 is 9.53 Å². The Morgan fingerprint density at radius 2 is 1.82 bits per heavy atom. The molecule has 1 unspecified atom stereocenters. The summed E-state index contributed by atoms with van der Waals surface area (Å²) >= 11 is 12.1. The van der Waals surface area contributed by atoms with E-state index in [0.717, 1.165) is 16.9 Å². The van der Waals surface area contributed by atoms with Crippen molar-refractivity contribution in [3.8, 4) is 16.9 Å². The van der Waals surface area contributed by atoms with E-state index in [9.17, 15) is 9.59 Å². The number of nitrogens with two attached hydrogens (primary N) is 2. The van der Waals surface area contributed by atoms with E-state index in [-0.39, 0.29) is 11.1 Å². The number of fused-ring (bicyclic) bond motifs is 1. The molecule has 0 fully saturated rings. The summed E-state index contributed by atoms with van der Waals surface area (Å²) in [5.41, 5.74) is 10.1. The molecule has 1 amide bonds. The summed E-state index contributed by atoms with van der Waals surface area (Å²) in [6, 6.07) is 10.8. The fraction of sp³-hybridized carbons (Fsp3) is 0.214. The molecule has 12 heteroatoms. The molecule has 0 saturated carbocycles. The average Bonchev–Trinajstić information content (AvgIpc) is 2.90. The Labute approximate surface area is 241 Å². The third-order valence-corrected chi connectivity index (χ3v) is 6.75. The van der Waals surface area contributed by atoms with Crippen LogP contribution in [0.3, 0.4) is 0 Å². The molecule has 10 nitrogen and oxygen atoms in total. The van der Waals surface area contributed by atoms with Crippen molar-refractivity contribution in [3.63, 3.8) is 0 Å². The minimum atomic E-state index is -0.819. The van der Waals surface area contributed by atoms with Gasteiger partial charge in [-0.25, -0.2) is 15.8 Å². The molecule has 0 aliphatic carbocycles. The molecule has 2 heterocycles. The Morgan fingerprint density at radius 3 is 2.48 bits per heavy atom. The molecule has 0 bridgehead atoms. The second kappa shape index (κ2) is 12.0. The van der Waals surface area contributed by atoms with Gasteiger partial charge in [0.25, 0.3) is 5.56 Å². The number of hydrogen-bond acceptors (Lipinski definition) is 8. The second-order valence-electron chi connectivity index (χ2n) is 9.09. The highest BCUT2D eigenvalue weighted by Gasteiger charge is 2.23. The van der Waals surface area contributed by atoms with E-state index in [1.807, 2.05) is 20.8 Å². The van der Waals surface area contributed by atoms with Gasteiger partial charge in [0.15, 0.2) is 0 Å². The molecule has 0 radical (unpaired) electrons. The second-order valence-corrected chi connectivity index (χ2v) is 9.97. The number of carbonyl (C=O) groups excluding carboxylic acids is 1. The number of carbonyl (C=O) groups is 1. The summed E-state index contributed by atoms with van der Waals surface area (Å²) in [5, 5.41) is 4.50. The van der Waals surface area contributed by atoms with Gasteiger partial charge in [-0.1, -0.05) is 30.1 Å². The van der Waals surface area contributed by atoms with Crippen molar-refractivity contribution in [2.24, 2.45) is 11.6 Å². The van der Waals surface area contributed by atoms with Crippen LogP contribution in [0.1, 0.15) is 30.8 Å². The van der Waals surface area contributed by atoms with Crippen molar-refractivity contribution in [1.82, 2.24) is 14.5 Å². The van der Waals surface area contributed by atoms with Crippen LogP contribution in [0.4, 0.5) is 11.4 Å². The minimum absolute atomic E-state index is 0.0358. The van der Waals surface area contributed by atoms with Crippen LogP contribution in [0.5, 0.6) is 5.75 Å². The lowest BCUT2D eigenvalue weighted by atomic mass is 10.0. The summed E-state index contributed by atoms with van der Waals surface area (Å²) in [5.74, 6) is 6.11. The molecule has 208 valence electrons. The average molecular weight is 582 g/mol. The maximum absolute atomic E-state index is 13.4. The first-order valence-electron chi connectivity index (χ1n) is 12.3. The lowest BCUT2D eigenvalue weighted by Crippen LogP contribution is -2.33. The number of hydrazine groups is 1. The van der Waals surface area contributed by atoms with Crippen LogP contribution < -0.4 is 32.2 Å². The summed E-state index contributed by atoms with van der Waals surface area (Å²) in [6.45, 7) is 5.59. The number of methoxy groups -OCH3 is 1. The number of nitrogens with one attached hydrogen (secondary N) is 1. The number of ether oxygens (including phenoxy) is 1. The fourth-order valence-electron chi connectivity index (χ4n) is 4.34. The highest BCUT2D eigenvalue weighted by Crippen LogP contribution is 2.37. The van der Waals surface area contributed by atoms with Crippen LogP contribution in [-0.4, -0.2) is 27.6 Å². The lowest BCUT2D eigenvalue weighted by Gasteiger charge is -2.22. The van der Waals surface area contributed by atoms with E-state index in [2.05, 4.69) is 15.3 Å². The van der Waals surface area contributed by atoms with Crippen molar-refractivity contribution in [2.45, 2.75) is 33.2 Å². The number of nitrogens with zero attached hydrogens (tertiary/aromatic N) is 4. The molecule has 5 N–H and O–H groups in total. The quantitative estimate of drug-likeness (QED) is 0.150. The molecule has 4 rings (SSSR count). The van der Waals surface area contributed by atoms with Gasteiger partial charge < -0.3 is 15.8 Å². The molecule has 1 atom stereocenters. The molecule has 0 spiro atoms. The van der Waals surface area contributed by atoms with Crippen LogP contribution in [-0.2, 0) is 4.79 Å². The van der Waals surface area contributed by atoms with Crippen molar-refractivity contribution in [3.05, 3.63) is 86.8 Å². The third kappa shape index (κ3) is 6.04. The van der Waals surface area contributed by atoms with Gasteiger partial charge in [0, 0.05) is 27.9 Å². The molecule has 0 saturated heterocycles. The first-order valence-corrected chi connectivity index (χ1v) is 13.1. The zero-order valence-electron chi connectivity index (χ0n) is 22.4. The summed E-state index contributed by atoms with van der Waals surface area (Å²) < 4.78 is 6.98. The molecule has 40 heavy (non-hydrogen) atoms. The van der Waals surface area contributed by atoms with Crippen LogP contribution in [0, 0.1) is 13.8 Å². The number of aromatic nitrogens is 3. The number of benzene rings is 2. The Hall–Kier alpha value is -4.12. The fourth-order valence-corrected chi connectivity index (χ4v) is 4.62. The normalized spacial score (nSPS) is 12.3. The first kappa shape index (κ1) is 28.9. The number of pyridine rings is 1. The zero-order valence-corrected chi connectivity index (χ0v) is 23.9. The van der Waals surface area contributed by atoms with E-state index in [1.165, 1.54) is 35.1 Å². The van der Waals surface area contributed by atoms with Crippen LogP contribution >= 0.6 is 23.2 Å². The van der Waals surface area contributed by atoms with Gasteiger partial charge >= 0.3 is 0 Å².